The fourth-order valence-corrected chi connectivity index (χ4v) is 4.67. The van der Waals surface area contributed by atoms with Gasteiger partial charge in [0.25, 0.3) is 0 Å². The quantitative estimate of drug-likeness (QED) is 0.0846. The molecular formula is C31H62O2. The third-order valence-electron chi connectivity index (χ3n) is 7.00. The van der Waals surface area contributed by atoms with Gasteiger partial charge in [0, 0.05) is 6.42 Å². The number of carbonyl (C=O) groups is 1. The Morgan fingerprint density at radius 2 is 0.667 bits per heavy atom. The van der Waals surface area contributed by atoms with Crippen LogP contribution < -0.4 is 0 Å². The Balaban J connectivity index is 3.13. The van der Waals surface area contributed by atoms with Crippen LogP contribution in [-0.2, 0) is 9.53 Å². The Morgan fingerprint density at radius 1 is 0.394 bits per heavy atom. The zero-order valence-electron chi connectivity index (χ0n) is 23.1. The molecule has 0 bridgehead atoms. The van der Waals surface area contributed by atoms with E-state index >= 15 is 0 Å². The minimum Gasteiger partial charge on any atom is -0.466 e. The molecule has 0 aliphatic rings. The Labute approximate surface area is 209 Å². The van der Waals surface area contributed by atoms with Gasteiger partial charge in [0.1, 0.15) is 0 Å². The monoisotopic (exact) mass is 466 g/mol. The molecule has 0 spiro atoms. The van der Waals surface area contributed by atoms with Gasteiger partial charge in [-0.05, 0) is 12.8 Å². The van der Waals surface area contributed by atoms with Crippen LogP contribution in [0.3, 0.4) is 0 Å². The molecule has 0 amide bonds. The molecule has 0 atom stereocenters. The van der Waals surface area contributed by atoms with E-state index in [2.05, 4.69) is 13.8 Å². The molecule has 2 heteroatoms. The molecule has 0 radical (unpaired) electrons. The highest BCUT2D eigenvalue weighted by Gasteiger charge is 2.02. The predicted molar refractivity (Wildman–Crippen MR) is 147 cm³/mol. The summed E-state index contributed by atoms with van der Waals surface area (Å²) in [5.74, 6) is 0.0248. The first-order valence-electron chi connectivity index (χ1n) is 15.5. The first kappa shape index (κ1) is 32.5. The smallest absolute Gasteiger partial charge is 0.305 e. The Morgan fingerprint density at radius 3 is 1.00 bits per heavy atom. The van der Waals surface area contributed by atoms with Crippen LogP contribution in [-0.4, -0.2) is 12.6 Å². The maximum Gasteiger partial charge on any atom is 0.305 e. The van der Waals surface area contributed by atoms with Crippen LogP contribution in [0, 0.1) is 0 Å². The number of esters is 1. The zero-order valence-corrected chi connectivity index (χ0v) is 23.1. The summed E-state index contributed by atoms with van der Waals surface area (Å²) in [6.45, 7) is 5.20. The van der Waals surface area contributed by atoms with Gasteiger partial charge in [-0.2, -0.15) is 0 Å². The SMILES string of the molecule is CCCCCCCCCCCCCCCCOC(=O)CCCCCCCCCCCCCC. The van der Waals surface area contributed by atoms with E-state index in [1.165, 1.54) is 154 Å². The van der Waals surface area contributed by atoms with E-state index in [4.69, 9.17) is 4.74 Å². The lowest BCUT2D eigenvalue weighted by atomic mass is 10.0. The lowest BCUT2D eigenvalue weighted by molar-refractivity contribution is -0.143. The molecule has 0 saturated heterocycles. The molecule has 0 heterocycles. The summed E-state index contributed by atoms with van der Waals surface area (Å²) in [6, 6.07) is 0. The maximum atomic E-state index is 11.8. The van der Waals surface area contributed by atoms with E-state index in [1.807, 2.05) is 0 Å². The number of hydrogen-bond acceptors (Lipinski definition) is 2. The molecule has 0 fully saturated rings. The summed E-state index contributed by atoms with van der Waals surface area (Å²) in [5, 5.41) is 0. The maximum absolute atomic E-state index is 11.8. The summed E-state index contributed by atoms with van der Waals surface area (Å²) >= 11 is 0. The van der Waals surface area contributed by atoms with Crippen LogP contribution >= 0.6 is 0 Å². The molecule has 2 nitrogen and oxygen atoms in total. The first-order chi connectivity index (χ1) is 16.3. The van der Waals surface area contributed by atoms with Crippen molar-refractivity contribution in [3.05, 3.63) is 0 Å². The highest BCUT2D eigenvalue weighted by atomic mass is 16.5. The molecule has 33 heavy (non-hydrogen) atoms. The van der Waals surface area contributed by atoms with Crippen molar-refractivity contribution < 1.29 is 9.53 Å². The van der Waals surface area contributed by atoms with Crippen molar-refractivity contribution in [2.45, 2.75) is 187 Å². The van der Waals surface area contributed by atoms with Crippen LogP contribution in [0.25, 0.3) is 0 Å². The predicted octanol–water partition coefficient (Wildman–Crippen LogP) is 11.1. The fourth-order valence-electron chi connectivity index (χ4n) is 4.67. The molecule has 0 aromatic rings. The largest absolute Gasteiger partial charge is 0.466 e. The van der Waals surface area contributed by atoms with E-state index in [0.717, 1.165) is 12.8 Å². The standard InChI is InChI=1S/C31H62O2/c1-3-5-7-9-11-13-15-17-18-20-22-24-26-28-30-33-31(32)29-27-25-23-21-19-16-14-12-10-8-6-4-2/h3-30H2,1-2H3. The van der Waals surface area contributed by atoms with Gasteiger partial charge >= 0.3 is 5.97 Å². The van der Waals surface area contributed by atoms with Gasteiger partial charge in [-0.15, -0.1) is 0 Å². The van der Waals surface area contributed by atoms with Crippen LogP contribution in [0.5, 0.6) is 0 Å². The third-order valence-corrected chi connectivity index (χ3v) is 7.00. The molecular weight excluding hydrogens is 404 g/mol. The molecule has 0 unspecified atom stereocenters. The average Bonchev–Trinajstić information content (AvgIpc) is 2.82. The molecule has 198 valence electrons. The summed E-state index contributed by atoms with van der Waals surface area (Å²) in [6.07, 6.45) is 35.7. The number of carbonyl (C=O) groups excluding carboxylic acids is 1. The van der Waals surface area contributed by atoms with E-state index in [9.17, 15) is 4.79 Å². The van der Waals surface area contributed by atoms with Gasteiger partial charge in [-0.1, -0.05) is 168 Å². The summed E-state index contributed by atoms with van der Waals surface area (Å²) in [4.78, 5) is 11.8. The van der Waals surface area contributed by atoms with Crippen LogP contribution in [0.4, 0.5) is 0 Å². The van der Waals surface area contributed by atoms with Gasteiger partial charge < -0.3 is 4.74 Å². The number of ether oxygens (including phenoxy) is 1. The topological polar surface area (TPSA) is 26.3 Å². The molecule has 0 rings (SSSR count). The second-order valence-electron chi connectivity index (χ2n) is 10.5. The average molecular weight is 467 g/mol. The molecule has 0 N–H and O–H groups in total. The van der Waals surface area contributed by atoms with Crippen LogP contribution in [0.2, 0.25) is 0 Å². The third kappa shape index (κ3) is 29.4. The summed E-state index contributed by atoms with van der Waals surface area (Å²) in [7, 11) is 0. The molecule has 0 aromatic heterocycles. The van der Waals surface area contributed by atoms with Crippen molar-refractivity contribution in [2.75, 3.05) is 6.61 Å². The van der Waals surface area contributed by atoms with Gasteiger partial charge in [-0.25, -0.2) is 0 Å². The number of hydrogen-bond donors (Lipinski definition) is 0. The van der Waals surface area contributed by atoms with Crippen LogP contribution in [0.15, 0.2) is 0 Å². The fraction of sp³-hybridized carbons (Fsp3) is 0.968. The summed E-state index contributed by atoms with van der Waals surface area (Å²) in [5.41, 5.74) is 0. The Kier molecular flexibility index (Phi) is 29.0. The number of unbranched alkanes of at least 4 members (excludes halogenated alkanes) is 24. The lowest BCUT2D eigenvalue weighted by Crippen LogP contribution is -2.05. The van der Waals surface area contributed by atoms with Crippen LogP contribution in [0.1, 0.15) is 187 Å². The molecule has 0 aliphatic carbocycles. The van der Waals surface area contributed by atoms with Crippen molar-refractivity contribution in [3.8, 4) is 0 Å². The molecule has 0 aliphatic heterocycles. The van der Waals surface area contributed by atoms with Crippen molar-refractivity contribution in [3.63, 3.8) is 0 Å². The Bertz CT molecular complexity index is 366. The normalized spacial score (nSPS) is 11.2. The second-order valence-corrected chi connectivity index (χ2v) is 10.5. The number of rotatable bonds is 28. The second kappa shape index (κ2) is 29.5. The van der Waals surface area contributed by atoms with Gasteiger partial charge in [-0.3, -0.25) is 4.79 Å². The van der Waals surface area contributed by atoms with Crippen molar-refractivity contribution in [2.24, 2.45) is 0 Å². The molecule has 0 saturated carbocycles. The van der Waals surface area contributed by atoms with Crippen molar-refractivity contribution in [1.29, 1.82) is 0 Å². The Hall–Kier alpha value is -0.530. The zero-order chi connectivity index (χ0) is 24.1. The van der Waals surface area contributed by atoms with E-state index in [0.29, 0.717) is 13.0 Å². The van der Waals surface area contributed by atoms with E-state index in [-0.39, 0.29) is 5.97 Å². The van der Waals surface area contributed by atoms with Gasteiger partial charge in [0.2, 0.25) is 0 Å². The molecule has 0 aromatic carbocycles. The van der Waals surface area contributed by atoms with Gasteiger partial charge in [0.05, 0.1) is 6.61 Å². The lowest BCUT2D eigenvalue weighted by Gasteiger charge is -2.06. The summed E-state index contributed by atoms with van der Waals surface area (Å²) < 4.78 is 5.41. The highest BCUT2D eigenvalue weighted by molar-refractivity contribution is 5.69. The van der Waals surface area contributed by atoms with E-state index < -0.39 is 0 Å². The van der Waals surface area contributed by atoms with Gasteiger partial charge in [0.15, 0.2) is 0 Å². The van der Waals surface area contributed by atoms with Crippen molar-refractivity contribution in [1.82, 2.24) is 0 Å². The van der Waals surface area contributed by atoms with Crippen molar-refractivity contribution >= 4 is 5.97 Å². The highest BCUT2D eigenvalue weighted by Crippen LogP contribution is 2.14. The minimum atomic E-state index is 0.0248. The minimum absolute atomic E-state index is 0.0248. The first-order valence-corrected chi connectivity index (χ1v) is 15.5. The van der Waals surface area contributed by atoms with E-state index in [1.54, 1.807) is 0 Å².